The van der Waals surface area contributed by atoms with Gasteiger partial charge >= 0.3 is 6.18 Å². The Labute approximate surface area is 206 Å². The number of hydrogen-bond acceptors (Lipinski definition) is 5. The SMILES string of the molecule is CP(C)(=O)c1ccc(C(=O)N[C@@H]2CCC[C@H](Nc3cc(C(F)(F)F)nc4ccc(Cl)cc34)C2)cn1. The average molecular weight is 525 g/mol. The molecule has 1 aromatic carbocycles. The van der Waals surface area contributed by atoms with E-state index in [-0.39, 0.29) is 23.5 Å². The monoisotopic (exact) mass is 524 g/mol. The number of rotatable bonds is 5. The molecule has 0 unspecified atom stereocenters. The fraction of sp³-hybridized carbons (Fsp3) is 0.375. The molecule has 1 saturated carbocycles. The summed E-state index contributed by atoms with van der Waals surface area (Å²) >= 11 is 6.09. The maximum atomic E-state index is 13.4. The lowest BCUT2D eigenvalue weighted by atomic mass is 9.90. The number of nitrogens with zero attached hydrogens (tertiary/aromatic N) is 2. The van der Waals surface area contributed by atoms with Crippen LogP contribution in [0.4, 0.5) is 18.9 Å². The Balaban J connectivity index is 1.49. The molecule has 3 aromatic rings. The zero-order valence-electron chi connectivity index (χ0n) is 19.2. The molecule has 0 bridgehead atoms. The minimum atomic E-state index is -4.58. The van der Waals surface area contributed by atoms with E-state index in [1.165, 1.54) is 18.3 Å². The van der Waals surface area contributed by atoms with Gasteiger partial charge in [0.15, 0.2) is 0 Å². The maximum absolute atomic E-state index is 13.4. The first kappa shape index (κ1) is 25.5. The van der Waals surface area contributed by atoms with Crippen molar-refractivity contribution >= 4 is 46.7 Å². The molecule has 6 nitrogen and oxygen atoms in total. The van der Waals surface area contributed by atoms with Gasteiger partial charge in [-0.15, -0.1) is 0 Å². The fourth-order valence-corrected chi connectivity index (χ4v) is 5.18. The number of pyridine rings is 2. The van der Waals surface area contributed by atoms with Crippen LogP contribution in [0.2, 0.25) is 5.02 Å². The van der Waals surface area contributed by atoms with E-state index in [0.717, 1.165) is 25.3 Å². The number of halogens is 4. The molecule has 0 spiro atoms. The van der Waals surface area contributed by atoms with Crippen LogP contribution in [0, 0.1) is 0 Å². The smallest absolute Gasteiger partial charge is 0.382 e. The predicted octanol–water partition coefficient (Wildman–Crippen LogP) is 5.70. The molecule has 1 amide bonds. The Morgan fingerprint density at radius 2 is 1.86 bits per heavy atom. The summed E-state index contributed by atoms with van der Waals surface area (Å²) in [7, 11) is -2.51. The van der Waals surface area contributed by atoms with Crippen molar-refractivity contribution in [2.24, 2.45) is 0 Å². The van der Waals surface area contributed by atoms with Crippen molar-refractivity contribution in [2.45, 2.75) is 43.9 Å². The van der Waals surface area contributed by atoms with E-state index in [0.29, 0.717) is 33.5 Å². The molecular formula is C24H25ClF3N4O2P. The van der Waals surface area contributed by atoms with Gasteiger partial charge in [0.2, 0.25) is 0 Å². The molecule has 4 rings (SSSR count). The van der Waals surface area contributed by atoms with Crippen LogP contribution in [0.5, 0.6) is 0 Å². The van der Waals surface area contributed by atoms with Crippen molar-refractivity contribution in [3.05, 3.63) is 58.9 Å². The molecular weight excluding hydrogens is 500 g/mol. The molecule has 2 atom stereocenters. The molecule has 2 heterocycles. The molecule has 2 aromatic heterocycles. The molecule has 1 aliphatic rings. The zero-order valence-corrected chi connectivity index (χ0v) is 20.8. The summed E-state index contributed by atoms with van der Waals surface area (Å²) in [5.41, 5.74) is 0.355. The van der Waals surface area contributed by atoms with Crippen molar-refractivity contribution in [1.29, 1.82) is 0 Å². The van der Waals surface area contributed by atoms with Crippen molar-refractivity contribution in [2.75, 3.05) is 18.6 Å². The number of carbonyl (C=O) groups is 1. The molecule has 186 valence electrons. The number of amides is 1. The first-order valence-corrected chi connectivity index (χ1v) is 14.1. The molecule has 0 saturated heterocycles. The third-order valence-corrected chi connectivity index (χ3v) is 7.60. The van der Waals surface area contributed by atoms with Gasteiger partial charge in [-0.3, -0.25) is 9.78 Å². The fourth-order valence-electron chi connectivity index (χ4n) is 4.24. The summed E-state index contributed by atoms with van der Waals surface area (Å²) in [5, 5.41) is 7.13. The van der Waals surface area contributed by atoms with Crippen molar-refractivity contribution in [3.63, 3.8) is 0 Å². The van der Waals surface area contributed by atoms with Crippen LogP contribution in [0.1, 0.15) is 41.7 Å². The van der Waals surface area contributed by atoms with Crippen LogP contribution in [-0.4, -0.2) is 41.3 Å². The highest BCUT2D eigenvalue weighted by atomic mass is 35.5. The second kappa shape index (κ2) is 9.78. The highest BCUT2D eigenvalue weighted by Crippen LogP contribution is 2.35. The standard InChI is InChI=1S/C24H25ClF3N4O2P/c1-35(2,34)22-9-6-14(13-29-22)23(33)31-17-5-3-4-16(11-17)30-20-12-21(24(26,27)28)32-19-8-7-15(25)10-18(19)20/h6-10,12-13,16-17H,3-5,11H2,1-2H3,(H,30,32)(H,31,33)/t16-,17+/m0/s1. The second-order valence-corrected chi connectivity index (χ2v) is 12.7. The normalized spacial score (nSPS) is 18.9. The average Bonchev–Trinajstić information content (AvgIpc) is 2.78. The largest absolute Gasteiger partial charge is 0.433 e. The van der Waals surface area contributed by atoms with Crippen LogP contribution in [0.15, 0.2) is 42.6 Å². The third kappa shape index (κ3) is 6.14. The van der Waals surface area contributed by atoms with Crippen LogP contribution >= 0.6 is 18.7 Å². The summed E-state index contributed by atoms with van der Waals surface area (Å²) in [4.78, 5) is 20.6. The highest BCUT2D eigenvalue weighted by Gasteiger charge is 2.34. The van der Waals surface area contributed by atoms with Gasteiger partial charge in [-0.05, 0) is 75.4 Å². The summed E-state index contributed by atoms with van der Waals surface area (Å²) in [6, 6.07) is 8.47. The van der Waals surface area contributed by atoms with Crippen molar-refractivity contribution in [1.82, 2.24) is 15.3 Å². The van der Waals surface area contributed by atoms with E-state index < -0.39 is 19.0 Å². The number of anilines is 1. The van der Waals surface area contributed by atoms with Crippen LogP contribution in [0.25, 0.3) is 10.9 Å². The van der Waals surface area contributed by atoms with Crippen LogP contribution < -0.4 is 16.1 Å². The number of nitrogens with one attached hydrogen (secondary N) is 2. The Morgan fingerprint density at radius 3 is 2.51 bits per heavy atom. The van der Waals surface area contributed by atoms with Gasteiger partial charge in [-0.25, -0.2) is 4.98 Å². The van der Waals surface area contributed by atoms with E-state index in [1.54, 1.807) is 31.5 Å². The lowest BCUT2D eigenvalue weighted by Crippen LogP contribution is -2.42. The topological polar surface area (TPSA) is 84.0 Å². The first-order valence-electron chi connectivity index (χ1n) is 11.2. The number of aromatic nitrogens is 2. The Hall–Kier alpha value is -2.64. The lowest BCUT2D eigenvalue weighted by Gasteiger charge is -2.31. The van der Waals surface area contributed by atoms with E-state index in [9.17, 15) is 22.5 Å². The number of hydrogen-bond donors (Lipinski definition) is 2. The molecule has 35 heavy (non-hydrogen) atoms. The molecule has 1 aliphatic carbocycles. The Kier molecular flexibility index (Phi) is 7.11. The molecule has 0 radical (unpaired) electrons. The van der Waals surface area contributed by atoms with Gasteiger partial charge < -0.3 is 15.2 Å². The maximum Gasteiger partial charge on any atom is 0.433 e. The Bertz CT molecular complexity index is 1290. The van der Waals surface area contributed by atoms with E-state index in [4.69, 9.17) is 11.6 Å². The minimum absolute atomic E-state index is 0.147. The summed E-state index contributed by atoms with van der Waals surface area (Å²) < 4.78 is 52.4. The Morgan fingerprint density at radius 1 is 1.11 bits per heavy atom. The van der Waals surface area contributed by atoms with Crippen LogP contribution in [0.3, 0.4) is 0 Å². The second-order valence-electron chi connectivity index (χ2n) is 9.15. The number of benzene rings is 1. The summed E-state index contributed by atoms with van der Waals surface area (Å²) in [6.07, 6.45) is -0.330. The number of carbonyl (C=O) groups excluding carboxylic acids is 1. The summed E-state index contributed by atoms with van der Waals surface area (Å²) in [5.74, 6) is -0.294. The van der Waals surface area contributed by atoms with Gasteiger partial charge in [0, 0.05) is 34.4 Å². The van der Waals surface area contributed by atoms with Gasteiger partial charge in [-0.1, -0.05) is 11.6 Å². The molecule has 11 heteroatoms. The third-order valence-electron chi connectivity index (χ3n) is 5.99. The van der Waals surface area contributed by atoms with Crippen LogP contribution in [-0.2, 0) is 10.7 Å². The zero-order chi connectivity index (χ0) is 25.4. The minimum Gasteiger partial charge on any atom is -0.382 e. The number of alkyl halides is 3. The van der Waals surface area contributed by atoms with Crippen molar-refractivity contribution in [3.8, 4) is 0 Å². The van der Waals surface area contributed by atoms with Gasteiger partial charge in [0.05, 0.1) is 16.5 Å². The van der Waals surface area contributed by atoms with Gasteiger partial charge in [0.25, 0.3) is 5.91 Å². The van der Waals surface area contributed by atoms with E-state index in [2.05, 4.69) is 20.6 Å². The predicted molar refractivity (Wildman–Crippen MR) is 132 cm³/mol. The summed E-state index contributed by atoms with van der Waals surface area (Å²) in [6.45, 7) is 3.23. The van der Waals surface area contributed by atoms with Gasteiger partial charge in [0.1, 0.15) is 12.8 Å². The molecule has 2 N–H and O–H groups in total. The molecule has 0 aliphatic heterocycles. The van der Waals surface area contributed by atoms with Gasteiger partial charge in [-0.2, -0.15) is 13.2 Å². The van der Waals surface area contributed by atoms with Crippen molar-refractivity contribution < 1.29 is 22.5 Å². The number of fused-ring (bicyclic) bond motifs is 1. The quantitative estimate of drug-likeness (QED) is 0.418. The van der Waals surface area contributed by atoms with E-state index >= 15 is 0 Å². The lowest BCUT2D eigenvalue weighted by molar-refractivity contribution is -0.140. The van der Waals surface area contributed by atoms with E-state index in [1.807, 2.05) is 0 Å². The first-order chi connectivity index (χ1) is 16.4. The highest BCUT2D eigenvalue weighted by molar-refractivity contribution is 7.69. The molecule has 1 fully saturated rings.